The van der Waals surface area contributed by atoms with Gasteiger partial charge in [-0.05, 0) is 24.3 Å². The predicted molar refractivity (Wildman–Crippen MR) is 104 cm³/mol. The molecule has 0 spiro atoms. The zero-order valence-corrected chi connectivity index (χ0v) is 15.6. The van der Waals surface area contributed by atoms with Crippen LogP contribution in [0.5, 0.6) is 5.75 Å². The largest absolute Gasteiger partial charge is 0.508 e. The Bertz CT molecular complexity index is 924. The number of phenolic OH excluding ortho intramolecular Hbond substituents is 1. The number of hydrogen-bond acceptors (Lipinski definition) is 5. The number of nitrogens with zero attached hydrogens (tertiary/aromatic N) is 3. The summed E-state index contributed by atoms with van der Waals surface area (Å²) >= 11 is 3.14. The molecule has 138 valence electrons. The number of phenols is 1. The minimum atomic E-state index is -0.871. The second-order valence-electron chi connectivity index (χ2n) is 5.38. The van der Waals surface area contributed by atoms with Crippen molar-refractivity contribution in [2.75, 3.05) is 15.5 Å². The Morgan fingerprint density at radius 1 is 1.22 bits per heavy atom. The molecular weight excluding hydrogens is 416 g/mol. The summed E-state index contributed by atoms with van der Waals surface area (Å²) in [5, 5.41) is 30.2. The number of rotatable bonds is 6. The van der Waals surface area contributed by atoms with Crippen molar-refractivity contribution < 1.29 is 19.8 Å². The fourth-order valence-corrected chi connectivity index (χ4v) is 2.57. The number of amides is 2. The van der Waals surface area contributed by atoms with Gasteiger partial charge in [-0.1, -0.05) is 40.2 Å². The van der Waals surface area contributed by atoms with E-state index in [0.29, 0.717) is 23.1 Å². The highest BCUT2D eigenvalue weighted by Crippen LogP contribution is 2.25. The molecule has 2 aromatic rings. The molecular formula is C18H16BrN4O4+. The van der Waals surface area contributed by atoms with Gasteiger partial charge in [0.15, 0.2) is 4.98 Å². The van der Waals surface area contributed by atoms with Gasteiger partial charge >= 0.3 is 6.20 Å². The van der Waals surface area contributed by atoms with Crippen molar-refractivity contribution in [1.82, 2.24) is 0 Å². The van der Waals surface area contributed by atoms with Crippen LogP contribution in [0.4, 0.5) is 11.4 Å². The minimum absolute atomic E-state index is 0.0668. The molecule has 0 aliphatic carbocycles. The summed E-state index contributed by atoms with van der Waals surface area (Å²) in [5.74, 6) is -1.82. The van der Waals surface area contributed by atoms with Gasteiger partial charge in [-0.2, -0.15) is 0 Å². The Morgan fingerprint density at radius 3 is 2.63 bits per heavy atom. The lowest BCUT2D eigenvalue weighted by molar-refractivity contribution is -0.116. The van der Waals surface area contributed by atoms with Gasteiger partial charge in [-0.25, -0.2) is 0 Å². The molecule has 0 fully saturated rings. The Balaban J connectivity index is 2.30. The average molecular weight is 432 g/mol. The van der Waals surface area contributed by atoms with E-state index in [9.17, 15) is 19.8 Å². The quantitative estimate of drug-likeness (QED) is 0.280. The van der Waals surface area contributed by atoms with Gasteiger partial charge in [-0.15, -0.1) is 0 Å². The standard InChI is InChI=1S/C18H15BrN4O4/c19-9-17(26)23(11-12-4-1-2-7-15(12)24)14-6-3-5-13(8-14)22-18(27)16(25)10-21-20/h1-8,10H,9,11H2,(H2-,22,24,25,27)/p+1/b16-10+. The van der Waals surface area contributed by atoms with Crippen molar-refractivity contribution in [2.24, 2.45) is 0 Å². The summed E-state index contributed by atoms with van der Waals surface area (Å²) in [6.45, 7) is 0.128. The van der Waals surface area contributed by atoms with Gasteiger partial charge < -0.3 is 20.4 Å². The number of aromatic hydroxyl groups is 1. The topological polar surface area (TPSA) is 118 Å². The molecule has 3 N–H and O–H groups in total. The van der Waals surface area contributed by atoms with Crippen molar-refractivity contribution in [3.63, 3.8) is 0 Å². The molecule has 0 aliphatic rings. The second kappa shape index (κ2) is 9.35. The number of nitrogens with one attached hydrogen (secondary N) is 1. The molecule has 0 atom stereocenters. The number of benzene rings is 2. The molecule has 9 heteroatoms. The second-order valence-corrected chi connectivity index (χ2v) is 5.94. The molecule has 0 unspecified atom stereocenters. The zero-order valence-electron chi connectivity index (χ0n) is 14.0. The molecule has 0 saturated carbocycles. The number of carbonyl (C=O) groups excluding carboxylic acids is 2. The molecule has 2 aromatic carbocycles. The zero-order chi connectivity index (χ0) is 19.8. The number of alkyl halides is 1. The monoisotopic (exact) mass is 431 g/mol. The van der Waals surface area contributed by atoms with Crippen molar-refractivity contribution in [3.8, 4) is 5.75 Å². The molecule has 2 amide bonds. The van der Waals surface area contributed by atoms with Gasteiger partial charge in [0.25, 0.3) is 11.7 Å². The first-order chi connectivity index (χ1) is 13.0. The van der Waals surface area contributed by atoms with E-state index in [-0.39, 0.29) is 23.5 Å². The fraction of sp³-hybridized carbons (Fsp3) is 0.111. The van der Waals surface area contributed by atoms with E-state index in [2.05, 4.69) is 26.2 Å². The van der Waals surface area contributed by atoms with Gasteiger partial charge in [0.05, 0.1) is 11.9 Å². The number of aliphatic hydroxyl groups is 1. The van der Waals surface area contributed by atoms with Crippen LogP contribution in [-0.2, 0) is 16.1 Å². The van der Waals surface area contributed by atoms with Crippen LogP contribution in [0.3, 0.4) is 0 Å². The van der Waals surface area contributed by atoms with Gasteiger partial charge in [0.1, 0.15) is 5.75 Å². The Kier molecular flexibility index (Phi) is 6.91. The maximum absolute atomic E-state index is 12.4. The molecule has 0 aromatic heterocycles. The third-order valence-electron chi connectivity index (χ3n) is 3.56. The fourth-order valence-electron chi connectivity index (χ4n) is 2.27. The SMILES string of the molecule is N#[N+]/C=C(/O)C(=O)Nc1cccc(N(Cc2ccccc2O)C(=O)CBr)c1. The highest BCUT2D eigenvalue weighted by Gasteiger charge is 2.18. The van der Waals surface area contributed by atoms with E-state index in [1.807, 2.05) is 0 Å². The number of anilines is 2. The van der Waals surface area contributed by atoms with Crippen LogP contribution in [0.25, 0.3) is 4.98 Å². The van der Waals surface area contributed by atoms with Crippen molar-refractivity contribution in [2.45, 2.75) is 6.54 Å². The molecule has 8 nitrogen and oxygen atoms in total. The number of diazo groups is 1. The highest BCUT2D eigenvalue weighted by atomic mass is 79.9. The number of halogens is 1. The lowest BCUT2D eigenvalue weighted by atomic mass is 10.1. The Hall–Kier alpha value is -3.38. The van der Waals surface area contributed by atoms with Crippen LogP contribution in [0.2, 0.25) is 0 Å². The number of hydrogen-bond donors (Lipinski definition) is 3. The van der Waals surface area contributed by atoms with Gasteiger partial charge in [0.2, 0.25) is 11.3 Å². The lowest BCUT2D eigenvalue weighted by Crippen LogP contribution is -2.31. The van der Waals surface area contributed by atoms with Crippen LogP contribution in [-0.4, -0.2) is 27.4 Å². The molecule has 0 bridgehead atoms. The van der Waals surface area contributed by atoms with Crippen molar-refractivity contribution >= 4 is 39.1 Å². The summed E-state index contributed by atoms with van der Waals surface area (Å²) in [6.07, 6.45) is 0.595. The first-order valence-electron chi connectivity index (χ1n) is 7.74. The summed E-state index contributed by atoms with van der Waals surface area (Å²) in [6, 6.07) is 13.1. The maximum Gasteiger partial charge on any atom is 0.397 e. The molecule has 2 rings (SSSR count). The molecule has 0 aliphatic heterocycles. The van der Waals surface area contributed by atoms with E-state index >= 15 is 0 Å². The molecule has 0 saturated heterocycles. The van der Waals surface area contributed by atoms with E-state index in [1.165, 1.54) is 11.0 Å². The third kappa shape index (κ3) is 5.29. The highest BCUT2D eigenvalue weighted by molar-refractivity contribution is 9.09. The molecule has 0 radical (unpaired) electrons. The van der Waals surface area contributed by atoms with Gasteiger partial charge in [0, 0.05) is 16.9 Å². The third-order valence-corrected chi connectivity index (χ3v) is 4.04. The summed E-state index contributed by atoms with van der Waals surface area (Å²) < 4.78 is 0. The van der Waals surface area contributed by atoms with Crippen LogP contribution in [0, 0.1) is 5.39 Å². The molecule has 0 heterocycles. The Labute approximate surface area is 163 Å². The lowest BCUT2D eigenvalue weighted by Gasteiger charge is -2.23. The van der Waals surface area contributed by atoms with E-state index < -0.39 is 11.7 Å². The van der Waals surface area contributed by atoms with E-state index in [0.717, 1.165) is 0 Å². The van der Waals surface area contributed by atoms with Crippen LogP contribution in [0.1, 0.15) is 5.56 Å². The van der Waals surface area contributed by atoms with E-state index in [1.54, 1.807) is 42.5 Å². The number of aliphatic hydroxyl groups excluding tert-OH is 1. The number of para-hydroxylation sites is 1. The minimum Gasteiger partial charge on any atom is -0.508 e. The first-order valence-corrected chi connectivity index (χ1v) is 8.86. The number of carbonyl (C=O) groups is 2. The summed E-state index contributed by atoms with van der Waals surface area (Å²) in [7, 11) is 0. The van der Waals surface area contributed by atoms with Crippen molar-refractivity contribution in [3.05, 3.63) is 71.0 Å². The van der Waals surface area contributed by atoms with Crippen molar-refractivity contribution in [1.29, 1.82) is 5.39 Å². The van der Waals surface area contributed by atoms with Crippen LogP contribution < -0.4 is 10.2 Å². The Morgan fingerprint density at radius 2 is 1.96 bits per heavy atom. The van der Waals surface area contributed by atoms with Crippen LogP contribution >= 0.6 is 15.9 Å². The van der Waals surface area contributed by atoms with Crippen LogP contribution in [0.15, 0.2) is 60.5 Å². The average Bonchev–Trinajstić information content (AvgIpc) is 2.67. The molecule has 27 heavy (non-hydrogen) atoms. The van der Waals surface area contributed by atoms with E-state index in [4.69, 9.17) is 5.39 Å². The maximum atomic E-state index is 12.4. The van der Waals surface area contributed by atoms with Gasteiger partial charge in [-0.3, -0.25) is 9.59 Å². The summed E-state index contributed by atoms with van der Waals surface area (Å²) in [5.41, 5.74) is 1.36. The predicted octanol–water partition coefficient (Wildman–Crippen LogP) is 3.51. The first kappa shape index (κ1) is 19.9. The smallest absolute Gasteiger partial charge is 0.397 e. The normalized spacial score (nSPS) is 10.7. The summed E-state index contributed by atoms with van der Waals surface area (Å²) in [4.78, 5) is 28.2.